The number of benzene rings is 2. The van der Waals surface area contributed by atoms with E-state index in [-0.39, 0.29) is 0 Å². The minimum absolute atomic E-state index is 0.300. The number of nitrogens with zero attached hydrogens (tertiary/aromatic N) is 4. The summed E-state index contributed by atoms with van der Waals surface area (Å²) >= 11 is 0. The highest BCUT2D eigenvalue weighted by molar-refractivity contribution is 5.64. The Morgan fingerprint density at radius 1 is 0.964 bits per heavy atom. The van der Waals surface area contributed by atoms with Crippen LogP contribution in [0.5, 0.6) is 5.88 Å². The molecule has 3 aromatic rings. The van der Waals surface area contributed by atoms with E-state index < -0.39 is 0 Å². The molecular formula is C22H25N5O. The van der Waals surface area contributed by atoms with E-state index in [1.54, 1.807) is 6.20 Å². The Hall–Kier alpha value is -3.12. The summed E-state index contributed by atoms with van der Waals surface area (Å²) < 4.78 is 5.80. The van der Waals surface area contributed by atoms with Crippen LogP contribution in [-0.2, 0) is 6.61 Å². The molecule has 1 saturated heterocycles. The Morgan fingerprint density at radius 3 is 2.39 bits per heavy atom. The summed E-state index contributed by atoms with van der Waals surface area (Å²) in [5, 5.41) is 0. The van der Waals surface area contributed by atoms with Crippen LogP contribution in [0.15, 0.2) is 60.8 Å². The van der Waals surface area contributed by atoms with Crippen LogP contribution in [0.2, 0.25) is 0 Å². The largest absolute Gasteiger partial charge is 0.470 e. The topological polar surface area (TPSA) is 67.5 Å². The van der Waals surface area contributed by atoms with Crippen molar-refractivity contribution in [2.24, 2.45) is 0 Å². The van der Waals surface area contributed by atoms with Crippen molar-refractivity contribution in [2.75, 3.05) is 43.9 Å². The van der Waals surface area contributed by atoms with E-state index in [0.717, 1.165) is 43.0 Å². The van der Waals surface area contributed by atoms with Crippen molar-refractivity contribution in [1.29, 1.82) is 0 Å². The molecule has 1 aliphatic heterocycles. The Kier molecular flexibility index (Phi) is 5.39. The molecule has 0 bridgehead atoms. The van der Waals surface area contributed by atoms with Gasteiger partial charge in [0.15, 0.2) is 5.82 Å². The first-order valence-corrected chi connectivity index (χ1v) is 9.52. The van der Waals surface area contributed by atoms with Gasteiger partial charge in [-0.2, -0.15) is 0 Å². The number of hydrogen-bond donors (Lipinski definition) is 1. The quantitative estimate of drug-likeness (QED) is 0.739. The van der Waals surface area contributed by atoms with Gasteiger partial charge in [0, 0.05) is 37.4 Å². The van der Waals surface area contributed by atoms with Crippen molar-refractivity contribution in [1.82, 2.24) is 14.9 Å². The normalized spacial score (nSPS) is 14.8. The zero-order chi connectivity index (χ0) is 19.3. The number of nitrogens with two attached hydrogens (primary N) is 1. The predicted molar refractivity (Wildman–Crippen MR) is 112 cm³/mol. The summed E-state index contributed by atoms with van der Waals surface area (Å²) in [5.74, 6) is 0.665. The fourth-order valence-corrected chi connectivity index (χ4v) is 3.26. The lowest BCUT2D eigenvalue weighted by molar-refractivity contribution is 0.295. The van der Waals surface area contributed by atoms with E-state index >= 15 is 0 Å². The van der Waals surface area contributed by atoms with Crippen LogP contribution in [0, 0.1) is 0 Å². The molecule has 2 N–H and O–H groups in total. The van der Waals surface area contributed by atoms with E-state index in [0.29, 0.717) is 18.3 Å². The van der Waals surface area contributed by atoms with Gasteiger partial charge >= 0.3 is 0 Å². The lowest BCUT2D eigenvalue weighted by Crippen LogP contribution is -2.44. The van der Waals surface area contributed by atoms with Crippen molar-refractivity contribution in [3.05, 3.63) is 66.4 Å². The predicted octanol–water partition coefficient (Wildman–Crippen LogP) is 3.06. The summed E-state index contributed by atoms with van der Waals surface area (Å²) in [4.78, 5) is 13.6. The van der Waals surface area contributed by atoms with Crippen molar-refractivity contribution in [3.8, 4) is 17.1 Å². The monoisotopic (exact) mass is 375 g/mol. The molecule has 2 heterocycles. The van der Waals surface area contributed by atoms with Gasteiger partial charge in [0.05, 0.1) is 11.9 Å². The van der Waals surface area contributed by atoms with Gasteiger partial charge in [-0.15, -0.1) is 0 Å². The second-order valence-corrected chi connectivity index (χ2v) is 7.06. The molecule has 0 saturated carbocycles. The molecule has 6 heteroatoms. The van der Waals surface area contributed by atoms with Crippen LogP contribution < -0.4 is 15.4 Å². The summed E-state index contributed by atoms with van der Waals surface area (Å²) in [5.41, 5.74) is 10.0. The van der Waals surface area contributed by atoms with Crippen molar-refractivity contribution in [3.63, 3.8) is 0 Å². The fraction of sp³-hybridized carbons (Fsp3) is 0.273. The maximum absolute atomic E-state index is 5.96. The molecule has 0 atom stereocenters. The first-order valence-electron chi connectivity index (χ1n) is 9.52. The number of ether oxygens (including phenoxy) is 1. The molecule has 0 spiro atoms. The van der Waals surface area contributed by atoms with Gasteiger partial charge in [0.25, 0.3) is 5.88 Å². The van der Waals surface area contributed by atoms with Crippen LogP contribution >= 0.6 is 0 Å². The van der Waals surface area contributed by atoms with Crippen molar-refractivity contribution in [2.45, 2.75) is 6.61 Å². The minimum atomic E-state index is 0.300. The molecule has 4 rings (SSSR count). The Morgan fingerprint density at radius 2 is 1.68 bits per heavy atom. The number of anilines is 2. The Balaban J connectivity index is 1.48. The maximum atomic E-state index is 5.96. The second kappa shape index (κ2) is 8.27. The lowest BCUT2D eigenvalue weighted by atomic mass is 10.1. The molecule has 1 fully saturated rings. The van der Waals surface area contributed by atoms with Crippen molar-refractivity contribution >= 4 is 11.5 Å². The third-order valence-corrected chi connectivity index (χ3v) is 5.02. The lowest BCUT2D eigenvalue weighted by Gasteiger charge is -2.34. The van der Waals surface area contributed by atoms with Gasteiger partial charge < -0.3 is 20.3 Å². The molecule has 0 amide bonds. The molecule has 144 valence electrons. The SMILES string of the molecule is CN1CCN(c2ccc(-c3cnc(N)c(OCc4ccccc4)n3)cc2)CC1. The second-order valence-electron chi connectivity index (χ2n) is 7.06. The third-order valence-electron chi connectivity index (χ3n) is 5.02. The summed E-state index contributed by atoms with van der Waals surface area (Å²) in [6, 6.07) is 18.4. The van der Waals surface area contributed by atoms with Gasteiger partial charge in [-0.05, 0) is 24.7 Å². The van der Waals surface area contributed by atoms with Crippen LogP contribution in [0.1, 0.15) is 5.56 Å². The average molecular weight is 375 g/mol. The van der Waals surface area contributed by atoms with Gasteiger partial charge in [0.2, 0.25) is 0 Å². The van der Waals surface area contributed by atoms with E-state index in [9.17, 15) is 0 Å². The molecule has 28 heavy (non-hydrogen) atoms. The standard InChI is InChI=1S/C22H25N5O/c1-26-11-13-27(14-12-26)19-9-7-18(8-10-19)20-15-24-21(23)22(25-20)28-16-17-5-3-2-4-6-17/h2-10,15H,11-14,16H2,1H3,(H2,23,24). The minimum Gasteiger partial charge on any atom is -0.470 e. The van der Waals surface area contributed by atoms with E-state index in [1.165, 1.54) is 5.69 Å². The highest BCUT2D eigenvalue weighted by Gasteiger charge is 2.14. The number of aromatic nitrogens is 2. The van der Waals surface area contributed by atoms with Crippen LogP contribution in [-0.4, -0.2) is 48.1 Å². The van der Waals surface area contributed by atoms with Gasteiger partial charge in [0.1, 0.15) is 6.61 Å². The number of piperazine rings is 1. The average Bonchev–Trinajstić information content (AvgIpc) is 2.75. The molecule has 0 radical (unpaired) electrons. The number of hydrogen-bond acceptors (Lipinski definition) is 6. The highest BCUT2D eigenvalue weighted by Crippen LogP contribution is 2.26. The fourth-order valence-electron chi connectivity index (χ4n) is 3.26. The van der Waals surface area contributed by atoms with Crippen LogP contribution in [0.25, 0.3) is 11.3 Å². The van der Waals surface area contributed by atoms with E-state index in [2.05, 4.69) is 51.1 Å². The van der Waals surface area contributed by atoms with Gasteiger partial charge in [-0.1, -0.05) is 42.5 Å². The van der Waals surface area contributed by atoms with E-state index in [4.69, 9.17) is 10.5 Å². The summed E-state index contributed by atoms with van der Waals surface area (Å²) in [6.45, 7) is 4.69. The number of rotatable bonds is 5. The smallest absolute Gasteiger partial charge is 0.258 e. The van der Waals surface area contributed by atoms with Crippen molar-refractivity contribution < 1.29 is 4.74 Å². The Labute approximate surface area is 165 Å². The zero-order valence-electron chi connectivity index (χ0n) is 16.1. The first-order chi connectivity index (χ1) is 13.7. The van der Waals surface area contributed by atoms with Crippen LogP contribution in [0.4, 0.5) is 11.5 Å². The van der Waals surface area contributed by atoms with Gasteiger partial charge in [-0.3, -0.25) is 0 Å². The summed E-state index contributed by atoms with van der Waals surface area (Å²) in [7, 11) is 2.16. The maximum Gasteiger partial charge on any atom is 0.258 e. The molecule has 6 nitrogen and oxygen atoms in total. The zero-order valence-corrected chi connectivity index (χ0v) is 16.1. The van der Waals surface area contributed by atoms with E-state index in [1.807, 2.05) is 30.3 Å². The molecule has 0 aliphatic carbocycles. The Bertz CT molecular complexity index is 906. The molecule has 1 aliphatic rings. The first kappa shape index (κ1) is 18.3. The molecular weight excluding hydrogens is 350 g/mol. The number of nitrogen functional groups attached to an aromatic ring is 1. The molecule has 2 aromatic carbocycles. The molecule has 1 aromatic heterocycles. The van der Waals surface area contributed by atoms with Crippen LogP contribution in [0.3, 0.4) is 0 Å². The van der Waals surface area contributed by atoms with Gasteiger partial charge in [-0.25, -0.2) is 9.97 Å². The highest BCUT2D eigenvalue weighted by atomic mass is 16.5. The third kappa shape index (κ3) is 4.23. The summed E-state index contributed by atoms with van der Waals surface area (Å²) in [6.07, 6.45) is 1.69. The number of likely N-dealkylation sites (N-methyl/N-ethyl adjacent to an activating group) is 1. The molecule has 0 unspecified atom stereocenters.